The maximum absolute atomic E-state index is 13.5. The Labute approximate surface area is 203 Å². The number of benzene rings is 1. The Morgan fingerprint density at radius 1 is 1.34 bits per heavy atom. The number of allylic oxidation sites excluding steroid dienone is 2. The predicted octanol–water partition coefficient (Wildman–Crippen LogP) is 4.92. The minimum atomic E-state index is -1.13. The molecule has 0 aliphatic carbocycles. The van der Waals surface area contributed by atoms with Gasteiger partial charge in [0.1, 0.15) is 5.82 Å². The van der Waals surface area contributed by atoms with Crippen molar-refractivity contribution >= 4 is 11.7 Å². The van der Waals surface area contributed by atoms with Gasteiger partial charge in [-0.3, -0.25) is 19.9 Å². The first kappa shape index (κ1) is 26.2. The number of methoxy groups -OCH3 is 1. The van der Waals surface area contributed by atoms with Gasteiger partial charge in [0, 0.05) is 24.7 Å². The van der Waals surface area contributed by atoms with E-state index in [-0.39, 0.29) is 23.7 Å². The number of carbonyl (C=O) groups is 1. The van der Waals surface area contributed by atoms with Crippen molar-refractivity contribution in [2.24, 2.45) is 5.92 Å². The average molecular weight is 489 g/mol. The van der Waals surface area contributed by atoms with Gasteiger partial charge in [0.15, 0.2) is 17.6 Å². The first-order valence-corrected chi connectivity index (χ1v) is 11.2. The summed E-state index contributed by atoms with van der Waals surface area (Å²) in [5.74, 6) is -1.12. The summed E-state index contributed by atoms with van der Waals surface area (Å²) in [6.07, 6.45) is 7.56. The standard InChI is InChI=1S/C25H29FN2O7/c1-25(2,35-21-12-11-19(26)14-20(21)28(30)31)24-33-16-18(8-5-4-6-10-22(29)32-3)23(34-24)17-9-7-13-27-15-17/h4-5,7,9,11-15,18,23-24H,6,8,10,16H2,1-3H3/b5-4-/t18-,23-,24+/m1/s1. The molecule has 2 heterocycles. The van der Waals surface area contributed by atoms with Crippen LogP contribution in [-0.2, 0) is 19.0 Å². The lowest BCUT2D eigenvalue weighted by molar-refractivity contribution is -0.387. The zero-order valence-corrected chi connectivity index (χ0v) is 19.9. The van der Waals surface area contributed by atoms with Gasteiger partial charge in [0.25, 0.3) is 0 Å². The lowest BCUT2D eigenvalue weighted by atomic mass is 9.92. The van der Waals surface area contributed by atoms with Crippen LogP contribution in [0, 0.1) is 21.8 Å². The summed E-state index contributed by atoms with van der Waals surface area (Å²) in [4.78, 5) is 26.2. The molecule has 1 aromatic carbocycles. The van der Waals surface area contributed by atoms with Crippen molar-refractivity contribution in [1.29, 1.82) is 0 Å². The molecule has 1 saturated heterocycles. The molecule has 0 saturated carbocycles. The smallest absolute Gasteiger partial charge is 0.313 e. The number of nitro benzene ring substituents is 1. The Morgan fingerprint density at radius 2 is 2.14 bits per heavy atom. The second kappa shape index (κ2) is 11.9. The molecule has 1 aliphatic heterocycles. The molecule has 35 heavy (non-hydrogen) atoms. The third-order valence-corrected chi connectivity index (χ3v) is 5.58. The maximum Gasteiger partial charge on any atom is 0.313 e. The molecule has 1 fully saturated rings. The summed E-state index contributed by atoms with van der Waals surface area (Å²) in [5, 5.41) is 11.4. The SMILES string of the molecule is COC(=O)CC/C=C\C[C@@H]1CO[C@H](C(C)(C)Oc2ccc(F)cc2[N+](=O)[O-])O[C@@H]1c1cccnc1. The lowest BCUT2D eigenvalue weighted by Crippen LogP contribution is -2.50. The van der Waals surface area contributed by atoms with Crippen molar-refractivity contribution < 1.29 is 33.1 Å². The number of carbonyl (C=O) groups excluding carboxylic acids is 1. The van der Waals surface area contributed by atoms with Crippen molar-refractivity contribution in [2.45, 2.75) is 51.1 Å². The molecule has 0 unspecified atom stereocenters. The third-order valence-electron chi connectivity index (χ3n) is 5.58. The molecule has 3 rings (SSSR count). The molecule has 9 nitrogen and oxygen atoms in total. The van der Waals surface area contributed by atoms with Crippen molar-refractivity contribution in [3.8, 4) is 5.75 Å². The van der Waals surface area contributed by atoms with E-state index in [1.807, 2.05) is 24.3 Å². The minimum Gasteiger partial charge on any atom is -0.475 e. The number of ether oxygens (including phenoxy) is 4. The molecule has 10 heteroatoms. The molecular weight excluding hydrogens is 459 g/mol. The topological polar surface area (TPSA) is 110 Å². The van der Waals surface area contributed by atoms with Gasteiger partial charge in [-0.25, -0.2) is 4.39 Å². The number of hydrogen-bond acceptors (Lipinski definition) is 8. The van der Waals surface area contributed by atoms with Gasteiger partial charge < -0.3 is 18.9 Å². The molecule has 1 aliphatic rings. The number of nitrogens with zero attached hydrogens (tertiary/aromatic N) is 2. The van der Waals surface area contributed by atoms with Gasteiger partial charge in [0.05, 0.1) is 30.8 Å². The Morgan fingerprint density at radius 3 is 2.83 bits per heavy atom. The summed E-state index contributed by atoms with van der Waals surface area (Å²) in [7, 11) is 1.36. The second-order valence-corrected chi connectivity index (χ2v) is 8.66. The second-order valence-electron chi connectivity index (χ2n) is 8.66. The van der Waals surface area contributed by atoms with Crippen LogP contribution >= 0.6 is 0 Å². The quantitative estimate of drug-likeness (QED) is 0.201. The molecule has 0 radical (unpaired) electrons. The van der Waals surface area contributed by atoms with Gasteiger partial charge in [-0.15, -0.1) is 0 Å². The van der Waals surface area contributed by atoms with Gasteiger partial charge >= 0.3 is 11.7 Å². The molecule has 1 aromatic heterocycles. The molecule has 2 aromatic rings. The van der Waals surface area contributed by atoms with Gasteiger partial charge in [-0.05, 0) is 50.5 Å². The summed E-state index contributed by atoms with van der Waals surface area (Å²) in [6.45, 7) is 3.72. The van der Waals surface area contributed by atoms with Crippen molar-refractivity contribution in [3.63, 3.8) is 0 Å². The molecule has 0 N–H and O–H groups in total. The van der Waals surface area contributed by atoms with Crippen molar-refractivity contribution in [1.82, 2.24) is 4.98 Å². The molecule has 0 spiro atoms. The van der Waals surface area contributed by atoms with Gasteiger partial charge in [-0.2, -0.15) is 0 Å². The summed E-state index contributed by atoms with van der Waals surface area (Å²) in [5.41, 5.74) is -0.755. The Balaban J connectivity index is 1.74. The third kappa shape index (κ3) is 7.06. The fraction of sp³-hybridized carbons (Fsp3) is 0.440. The minimum absolute atomic E-state index is 0.0409. The van der Waals surface area contributed by atoms with E-state index < -0.39 is 28.3 Å². The van der Waals surface area contributed by atoms with Crippen molar-refractivity contribution in [3.05, 3.63) is 76.4 Å². The van der Waals surface area contributed by atoms with Crippen LogP contribution in [0.3, 0.4) is 0 Å². The first-order chi connectivity index (χ1) is 16.7. The number of pyridine rings is 1. The number of rotatable bonds is 10. The van der Waals surface area contributed by atoms with E-state index in [9.17, 15) is 19.3 Å². The Bertz CT molecular complexity index is 1050. The van der Waals surface area contributed by atoms with Crippen LogP contribution in [0.15, 0.2) is 54.9 Å². The van der Waals surface area contributed by atoms with E-state index >= 15 is 0 Å². The number of esters is 1. The van der Waals surface area contributed by atoms with E-state index in [0.29, 0.717) is 25.9 Å². The number of halogens is 1. The molecule has 188 valence electrons. The summed E-state index contributed by atoms with van der Waals surface area (Å²) < 4.78 is 36.4. The van der Waals surface area contributed by atoms with Gasteiger partial charge in [-0.1, -0.05) is 18.2 Å². The van der Waals surface area contributed by atoms with Crippen LogP contribution < -0.4 is 4.74 Å². The zero-order chi connectivity index (χ0) is 25.4. The van der Waals surface area contributed by atoms with Crippen LogP contribution in [0.4, 0.5) is 10.1 Å². The highest BCUT2D eigenvalue weighted by Crippen LogP contribution is 2.39. The first-order valence-electron chi connectivity index (χ1n) is 11.2. The van der Waals surface area contributed by atoms with E-state index in [1.165, 1.54) is 13.2 Å². The Hall–Kier alpha value is -3.37. The monoisotopic (exact) mass is 488 g/mol. The number of nitro groups is 1. The highest BCUT2D eigenvalue weighted by molar-refractivity contribution is 5.69. The van der Waals surface area contributed by atoms with Crippen LogP contribution in [0.1, 0.15) is 44.8 Å². The fourth-order valence-electron chi connectivity index (χ4n) is 3.78. The van der Waals surface area contributed by atoms with Crippen molar-refractivity contribution in [2.75, 3.05) is 13.7 Å². The van der Waals surface area contributed by atoms with E-state index in [0.717, 1.165) is 17.7 Å². The number of hydrogen-bond donors (Lipinski definition) is 0. The summed E-state index contributed by atoms with van der Waals surface area (Å²) >= 11 is 0. The lowest BCUT2D eigenvalue weighted by Gasteiger charge is -2.42. The van der Waals surface area contributed by atoms with Crippen LogP contribution in [0.2, 0.25) is 0 Å². The zero-order valence-electron chi connectivity index (χ0n) is 19.9. The maximum atomic E-state index is 13.5. The molecular formula is C25H29FN2O7. The van der Waals surface area contributed by atoms with Crippen LogP contribution in [-0.4, -0.2) is 41.5 Å². The molecule has 0 bridgehead atoms. The highest BCUT2D eigenvalue weighted by atomic mass is 19.1. The Kier molecular flexibility index (Phi) is 8.89. The summed E-state index contributed by atoms with van der Waals surface area (Å²) in [6, 6.07) is 6.86. The van der Waals surface area contributed by atoms with Gasteiger partial charge in [0.2, 0.25) is 0 Å². The molecule has 0 amide bonds. The highest BCUT2D eigenvalue weighted by Gasteiger charge is 2.43. The largest absolute Gasteiger partial charge is 0.475 e. The predicted molar refractivity (Wildman–Crippen MR) is 124 cm³/mol. The van der Waals surface area contributed by atoms with E-state index in [4.69, 9.17) is 14.2 Å². The van der Waals surface area contributed by atoms with E-state index in [1.54, 1.807) is 26.2 Å². The molecule has 3 atom stereocenters. The number of aromatic nitrogens is 1. The average Bonchev–Trinajstić information content (AvgIpc) is 2.85. The van der Waals surface area contributed by atoms with Crippen LogP contribution in [0.25, 0.3) is 0 Å². The van der Waals surface area contributed by atoms with E-state index in [2.05, 4.69) is 9.72 Å². The van der Waals surface area contributed by atoms with Crippen LogP contribution in [0.5, 0.6) is 5.75 Å². The fourth-order valence-corrected chi connectivity index (χ4v) is 3.78. The normalized spacial score (nSPS) is 20.5.